The first kappa shape index (κ1) is 20.9. The molecular weight excluding hydrogens is 394 g/mol. The van der Waals surface area contributed by atoms with E-state index in [1.165, 1.54) is 7.11 Å². The molecule has 0 aromatic heterocycles. The Morgan fingerprint density at radius 3 is 2.79 bits per heavy atom. The van der Waals surface area contributed by atoms with Gasteiger partial charge in [0.25, 0.3) is 11.1 Å². The molecule has 1 aromatic rings. The second-order valence-electron chi connectivity index (χ2n) is 6.70. The Hall–Kier alpha value is -2.81. The molecule has 4 amide bonds. The molecule has 0 atom stereocenters. The van der Waals surface area contributed by atoms with Gasteiger partial charge in [-0.2, -0.15) is 0 Å². The molecule has 154 valence electrons. The number of imide groups is 1. The zero-order valence-electron chi connectivity index (χ0n) is 16.2. The van der Waals surface area contributed by atoms with Gasteiger partial charge in [-0.05, 0) is 36.7 Å². The van der Waals surface area contributed by atoms with E-state index in [1.807, 2.05) is 12.1 Å². The van der Waals surface area contributed by atoms with E-state index < -0.39 is 17.1 Å². The molecule has 3 rings (SSSR count). The minimum absolute atomic E-state index is 0.149. The summed E-state index contributed by atoms with van der Waals surface area (Å²) < 4.78 is 5.26. The van der Waals surface area contributed by atoms with Crippen LogP contribution in [0.2, 0.25) is 0 Å². The molecule has 8 nitrogen and oxygen atoms in total. The Morgan fingerprint density at radius 1 is 1.28 bits per heavy atom. The van der Waals surface area contributed by atoms with Gasteiger partial charge < -0.3 is 15.0 Å². The van der Waals surface area contributed by atoms with Crippen molar-refractivity contribution in [2.24, 2.45) is 0 Å². The number of hydrogen-bond acceptors (Lipinski definition) is 6. The summed E-state index contributed by atoms with van der Waals surface area (Å²) in [7, 11) is 1.53. The molecule has 0 spiro atoms. The third-order valence-electron chi connectivity index (χ3n) is 4.70. The van der Waals surface area contributed by atoms with E-state index in [4.69, 9.17) is 4.74 Å². The fourth-order valence-electron chi connectivity index (χ4n) is 3.20. The summed E-state index contributed by atoms with van der Waals surface area (Å²) in [5.41, 5.74) is 0.682. The van der Waals surface area contributed by atoms with Crippen LogP contribution in [0.4, 0.5) is 4.79 Å². The minimum atomic E-state index is -0.497. The molecule has 0 aliphatic carbocycles. The molecule has 9 heteroatoms. The van der Waals surface area contributed by atoms with E-state index in [0.717, 1.165) is 29.6 Å². The molecule has 29 heavy (non-hydrogen) atoms. The topological polar surface area (TPSA) is 96.0 Å². The van der Waals surface area contributed by atoms with Crippen molar-refractivity contribution in [3.05, 3.63) is 34.7 Å². The number of amides is 4. The van der Waals surface area contributed by atoms with Gasteiger partial charge in [0.1, 0.15) is 12.3 Å². The van der Waals surface area contributed by atoms with Crippen molar-refractivity contribution in [1.29, 1.82) is 0 Å². The molecule has 1 aromatic carbocycles. The number of carbonyl (C=O) groups is 4. The van der Waals surface area contributed by atoms with Gasteiger partial charge in [0.05, 0.1) is 12.0 Å². The quantitative estimate of drug-likeness (QED) is 0.512. The number of carbonyl (C=O) groups excluding carboxylic acids is 4. The first-order valence-corrected chi connectivity index (χ1v) is 10.2. The summed E-state index contributed by atoms with van der Waals surface area (Å²) in [4.78, 5) is 51.4. The Bertz CT molecular complexity index is 854. The van der Waals surface area contributed by atoms with E-state index in [-0.39, 0.29) is 17.4 Å². The second kappa shape index (κ2) is 9.60. The number of likely N-dealkylation sites (tertiary alicyclic amines) is 1. The summed E-state index contributed by atoms with van der Waals surface area (Å²) in [5.74, 6) is -0.160. The Morgan fingerprint density at radius 2 is 2.07 bits per heavy atom. The zero-order valence-corrected chi connectivity index (χ0v) is 17.0. The lowest BCUT2D eigenvalue weighted by Crippen LogP contribution is -2.40. The van der Waals surface area contributed by atoms with E-state index in [9.17, 15) is 19.2 Å². The van der Waals surface area contributed by atoms with Crippen LogP contribution in [0.1, 0.15) is 24.8 Å². The lowest BCUT2D eigenvalue weighted by molar-refractivity contribution is -0.129. The highest BCUT2D eigenvalue weighted by Gasteiger charge is 2.36. The van der Waals surface area contributed by atoms with Gasteiger partial charge in [0.15, 0.2) is 0 Å². The third kappa shape index (κ3) is 5.17. The van der Waals surface area contributed by atoms with Crippen molar-refractivity contribution in [2.45, 2.75) is 19.3 Å². The Labute approximate surface area is 173 Å². The standard InChI is InChI=1S/C20H23N3O5S/c1-28-15-7-3-2-6-14(15)12-16-19(26)23(20(27)29-16)13-17(24)21-9-5-11-22-10-4-8-18(22)25/h2-3,6-7,12H,4-5,8-11,13H2,1H3,(H,21,24)/b16-12-. The van der Waals surface area contributed by atoms with Crippen molar-refractivity contribution >= 4 is 40.8 Å². The third-order valence-corrected chi connectivity index (χ3v) is 5.61. The first-order chi connectivity index (χ1) is 14.0. The summed E-state index contributed by atoms with van der Waals surface area (Å²) in [5, 5.41) is 2.22. The minimum Gasteiger partial charge on any atom is -0.496 e. The molecule has 0 bridgehead atoms. The maximum absolute atomic E-state index is 12.5. The number of thioether (sulfide) groups is 1. The highest BCUT2D eigenvalue weighted by Crippen LogP contribution is 2.33. The SMILES string of the molecule is COc1ccccc1/C=C1\SC(=O)N(CC(=O)NCCCN2CCCC2=O)C1=O. The Balaban J connectivity index is 1.51. The first-order valence-electron chi connectivity index (χ1n) is 9.42. The fourth-order valence-corrected chi connectivity index (χ4v) is 4.03. The number of nitrogens with zero attached hydrogens (tertiary/aromatic N) is 2. The zero-order chi connectivity index (χ0) is 20.8. The van der Waals surface area contributed by atoms with Crippen LogP contribution in [0.15, 0.2) is 29.2 Å². The lowest BCUT2D eigenvalue weighted by Gasteiger charge is -2.16. The fraction of sp³-hybridized carbons (Fsp3) is 0.400. The molecule has 0 unspecified atom stereocenters. The molecule has 1 N–H and O–H groups in total. The van der Waals surface area contributed by atoms with Crippen LogP contribution in [-0.4, -0.2) is 66.0 Å². The molecule has 2 aliphatic rings. The van der Waals surface area contributed by atoms with Crippen molar-refractivity contribution in [3.63, 3.8) is 0 Å². The average molecular weight is 417 g/mol. The van der Waals surface area contributed by atoms with Gasteiger partial charge in [-0.25, -0.2) is 0 Å². The Kier molecular flexibility index (Phi) is 6.92. The maximum Gasteiger partial charge on any atom is 0.294 e. The van der Waals surface area contributed by atoms with Crippen LogP contribution in [0, 0.1) is 0 Å². The van der Waals surface area contributed by atoms with Crippen LogP contribution in [0.25, 0.3) is 6.08 Å². The highest BCUT2D eigenvalue weighted by atomic mass is 32.2. The number of para-hydroxylation sites is 1. The summed E-state index contributed by atoms with van der Waals surface area (Å²) in [6.45, 7) is 1.43. The summed E-state index contributed by atoms with van der Waals surface area (Å²) >= 11 is 0.802. The predicted molar refractivity (Wildman–Crippen MR) is 109 cm³/mol. The lowest BCUT2D eigenvalue weighted by atomic mass is 10.2. The van der Waals surface area contributed by atoms with Gasteiger partial charge in [-0.3, -0.25) is 24.1 Å². The van der Waals surface area contributed by atoms with Gasteiger partial charge in [0.2, 0.25) is 11.8 Å². The monoisotopic (exact) mass is 417 g/mol. The number of nitrogens with one attached hydrogen (secondary N) is 1. The van der Waals surface area contributed by atoms with E-state index in [0.29, 0.717) is 37.2 Å². The van der Waals surface area contributed by atoms with Gasteiger partial charge >= 0.3 is 0 Å². The van der Waals surface area contributed by atoms with Crippen LogP contribution >= 0.6 is 11.8 Å². The highest BCUT2D eigenvalue weighted by molar-refractivity contribution is 8.18. The molecule has 2 heterocycles. The normalized spacial score (nSPS) is 18.1. The second-order valence-corrected chi connectivity index (χ2v) is 7.69. The largest absolute Gasteiger partial charge is 0.496 e. The van der Waals surface area contributed by atoms with Crippen LogP contribution < -0.4 is 10.1 Å². The van der Waals surface area contributed by atoms with Crippen LogP contribution in [-0.2, 0) is 14.4 Å². The van der Waals surface area contributed by atoms with Crippen molar-refractivity contribution in [2.75, 3.05) is 33.3 Å². The van der Waals surface area contributed by atoms with Gasteiger partial charge in [-0.15, -0.1) is 0 Å². The molecule has 2 fully saturated rings. The number of rotatable bonds is 8. The van der Waals surface area contributed by atoms with Crippen molar-refractivity contribution < 1.29 is 23.9 Å². The van der Waals surface area contributed by atoms with Gasteiger partial charge in [0, 0.05) is 31.6 Å². The molecular formula is C20H23N3O5S. The van der Waals surface area contributed by atoms with Crippen molar-refractivity contribution in [1.82, 2.24) is 15.1 Å². The molecule has 2 aliphatic heterocycles. The van der Waals surface area contributed by atoms with Crippen LogP contribution in [0.3, 0.4) is 0 Å². The average Bonchev–Trinajstić information content (AvgIpc) is 3.23. The summed E-state index contributed by atoms with van der Waals surface area (Å²) in [6.07, 6.45) is 3.70. The van der Waals surface area contributed by atoms with E-state index >= 15 is 0 Å². The summed E-state index contributed by atoms with van der Waals surface area (Å²) in [6, 6.07) is 7.16. The van der Waals surface area contributed by atoms with Crippen LogP contribution in [0.5, 0.6) is 5.75 Å². The van der Waals surface area contributed by atoms with E-state index in [2.05, 4.69) is 5.32 Å². The molecule has 0 saturated carbocycles. The molecule has 2 saturated heterocycles. The van der Waals surface area contributed by atoms with Crippen molar-refractivity contribution in [3.8, 4) is 5.75 Å². The number of hydrogen-bond donors (Lipinski definition) is 1. The van der Waals surface area contributed by atoms with E-state index in [1.54, 1.807) is 23.1 Å². The number of benzene rings is 1. The maximum atomic E-state index is 12.5. The van der Waals surface area contributed by atoms with Gasteiger partial charge in [-0.1, -0.05) is 18.2 Å². The smallest absolute Gasteiger partial charge is 0.294 e. The number of ether oxygens (including phenoxy) is 1. The predicted octanol–water partition coefficient (Wildman–Crippen LogP) is 1.86. The molecule has 0 radical (unpaired) electrons. The number of methoxy groups -OCH3 is 1.